The molecule has 1 aromatic carbocycles. The van der Waals surface area contributed by atoms with E-state index in [9.17, 15) is 14.8 Å². The topological polar surface area (TPSA) is 115 Å². The van der Waals surface area contributed by atoms with E-state index in [0.29, 0.717) is 58.5 Å². The van der Waals surface area contributed by atoms with E-state index in [2.05, 4.69) is 15.3 Å². The van der Waals surface area contributed by atoms with E-state index in [1.54, 1.807) is 54.7 Å². The average Bonchev–Trinajstić information content (AvgIpc) is 3.02. The van der Waals surface area contributed by atoms with Crippen molar-refractivity contribution in [3.8, 4) is 5.75 Å². The fourth-order valence-corrected chi connectivity index (χ4v) is 4.52. The van der Waals surface area contributed by atoms with Crippen molar-refractivity contribution in [1.82, 2.24) is 9.97 Å². The molecule has 0 radical (unpaired) electrons. The number of benzene rings is 1. The molecule has 0 atom stereocenters. The molecule has 0 unspecified atom stereocenters. The first-order chi connectivity index (χ1) is 18.9. The number of hydrogen-bond donors (Lipinski definition) is 1. The highest BCUT2D eigenvalue weighted by Gasteiger charge is 2.30. The van der Waals surface area contributed by atoms with Crippen LogP contribution in [0.3, 0.4) is 0 Å². The number of fused-ring (bicyclic) bond motifs is 2. The molecule has 4 heterocycles. The standard InChI is InChI=1S/C29H28N6O4/c1-4-35-26-23(29(37)33(3)24-8-5-12-30-27(24)35)16-20(17-31-26)11-14-39-25-10-9-21(15-19(25)2)28(36)32-22-7-6-13-34(38)18-22/h5-10,12-13,15-18H,4,11,14H2,1-3H3,(H,32,36). The molecule has 0 spiro atoms. The van der Waals surface area contributed by atoms with Crippen LogP contribution in [0.25, 0.3) is 0 Å². The van der Waals surface area contributed by atoms with Gasteiger partial charge in [0.15, 0.2) is 12.0 Å². The smallest absolute Gasteiger partial charge is 0.261 e. The third kappa shape index (κ3) is 5.22. The van der Waals surface area contributed by atoms with Gasteiger partial charge in [-0.15, -0.1) is 0 Å². The number of ether oxygens (including phenoxy) is 1. The predicted molar refractivity (Wildman–Crippen MR) is 148 cm³/mol. The van der Waals surface area contributed by atoms with Crippen LogP contribution in [0.4, 0.5) is 23.0 Å². The summed E-state index contributed by atoms with van der Waals surface area (Å²) in [5.74, 6) is 1.47. The second-order valence-electron chi connectivity index (χ2n) is 9.15. The Morgan fingerprint density at radius 2 is 1.97 bits per heavy atom. The van der Waals surface area contributed by atoms with Gasteiger partial charge >= 0.3 is 0 Å². The third-order valence-electron chi connectivity index (χ3n) is 6.53. The van der Waals surface area contributed by atoms with Crippen LogP contribution >= 0.6 is 0 Å². The van der Waals surface area contributed by atoms with Crippen LogP contribution < -0.4 is 24.6 Å². The van der Waals surface area contributed by atoms with Gasteiger partial charge in [-0.2, -0.15) is 4.73 Å². The van der Waals surface area contributed by atoms with Gasteiger partial charge in [-0.25, -0.2) is 9.97 Å². The maximum absolute atomic E-state index is 13.3. The molecule has 1 aliphatic heterocycles. The molecule has 0 saturated heterocycles. The minimum atomic E-state index is -0.319. The van der Waals surface area contributed by atoms with Gasteiger partial charge in [-0.1, -0.05) is 0 Å². The first-order valence-electron chi connectivity index (χ1n) is 12.6. The van der Waals surface area contributed by atoms with Crippen molar-refractivity contribution >= 4 is 34.8 Å². The number of carbonyl (C=O) groups excluding carboxylic acids is 2. The Balaban J connectivity index is 1.27. The van der Waals surface area contributed by atoms with Gasteiger partial charge in [0.25, 0.3) is 11.8 Å². The summed E-state index contributed by atoms with van der Waals surface area (Å²) in [6.45, 7) is 4.85. The van der Waals surface area contributed by atoms with Crippen molar-refractivity contribution in [2.75, 3.05) is 35.3 Å². The second kappa shape index (κ2) is 10.8. The van der Waals surface area contributed by atoms with E-state index in [1.807, 2.05) is 36.9 Å². The molecule has 0 bridgehead atoms. The third-order valence-corrected chi connectivity index (χ3v) is 6.53. The summed E-state index contributed by atoms with van der Waals surface area (Å²) in [5.41, 5.74) is 3.79. The van der Waals surface area contributed by atoms with Gasteiger partial charge in [-0.05, 0) is 67.4 Å². The van der Waals surface area contributed by atoms with Crippen molar-refractivity contribution in [2.45, 2.75) is 20.3 Å². The Morgan fingerprint density at radius 3 is 2.74 bits per heavy atom. The predicted octanol–water partition coefficient (Wildman–Crippen LogP) is 4.04. The summed E-state index contributed by atoms with van der Waals surface area (Å²) in [6.07, 6.45) is 6.66. The summed E-state index contributed by atoms with van der Waals surface area (Å²) in [7, 11) is 1.74. The average molecular weight is 525 g/mol. The van der Waals surface area contributed by atoms with Gasteiger partial charge in [0.1, 0.15) is 17.3 Å². The summed E-state index contributed by atoms with van der Waals surface area (Å²) < 4.78 is 6.63. The summed E-state index contributed by atoms with van der Waals surface area (Å²) in [6, 6.07) is 13.9. The number of pyridine rings is 3. The van der Waals surface area contributed by atoms with E-state index in [4.69, 9.17) is 4.74 Å². The molecule has 1 aliphatic rings. The molecule has 0 fully saturated rings. The minimum absolute atomic E-state index is 0.143. The zero-order valence-electron chi connectivity index (χ0n) is 21.9. The molecule has 2 amide bonds. The fraction of sp³-hybridized carbons (Fsp3) is 0.207. The van der Waals surface area contributed by atoms with Crippen molar-refractivity contribution < 1.29 is 19.1 Å². The van der Waals surface area contributed by atoms with Crippen LogP contribution in [0.15, 0.2) is 73.3 Å². The summed E-state index contributed by atoms with van der Waals surface area (Å²) >= 11 is 0. The number of aromatic nitrogens is 3. The summed E-state index contributed by atoms with van der Waals surface area (Å²) in [5, 5.41) is 14.1. The molecule has 4 aromatic rings. The van der Waals surface area contributed by atoms with Gasteiger partial charge in [0.2, 0.25) is 6.20 Å². The highest BCUT2D eigenvalue weighted by molar-refractivity contribution is 6.12. The molecule has 10 heteroatoms. The molecule has 1 N–H and O–H groups in total. The molecule has 10 nitrogen and oxygen atoms in total. The number of anilines is 4. The van der Waals surface area contributed by atoms with Gasteiger partial charge < -0.3 is 25.1 Å². The van der Waals surface area contributed by atoms with Crippen LogP contribution in [0.2, 0.25) is 0 Å². The first-order valence-corrected chi connectivity index (χ1v) is 12.6. The van der Waals surface area contributed by atoms with Crippen LogP contribution in [0, 0.1) is 12.1 Å². The van der Waals surface area contributed by atoms with E-state index < -0.39 is 0 Å². The molecule has 198 valence electrons. The van der Waals surface area contributed by atoms with E-state index in [0.717, 1.165) is 16.8 Å². The van der Waals surface area contributed by atoms with Crippen LogP contribution in [-0.4, -0.2) is 42.0 Å². The van der Waals surface area contributed by atoms with Gasteiger partial charge in [0, 0.05) is 44.0 Å². The number of carbonyl (C=O) groups is 2. The lowest BCUT2D eigenvalue weighted by molar-refractivity contribution is -0.604. The van der Waals surface area contributed by atoms with Crippen molar-refractivity contribution in [3.05, 3.63) is 101 Å². The van der Waals surface area contributed by atoms with Crippen molar-refractivity contribution in [2.24, 2.45) is 0 Å². The first kappa shape index (κ1) is 25.7. The Kier molecular flexibility index (Phi) is 7.09. The quantitative estimate of drug-likeness (QED) is 0.287. The number of rotatable bonds is 7. The van der Waals surface area contributed by atoms with Crippen molar-refractivity contribution in [3.63, 3.8) is 0 Å². The molecule has 0 aliphatic carbocycles. The monoisotopic (exact) mass is 524 g/mol. The zero-order valence-corrected chi connectivity index (χ0v) is 21.9. The van der Waals surface area contributed by atoms with Gasteiger partial charge in [0.05, 0.1) is 17.9 Å². The lowest BCUT2D eigenvalue weighted by Gasteiger charge is -2.22. The minimum Gasteiger partial charge on any atom is -0.619 e. The van der Waals surface area contributed by atoms with E-state index >= 15 is 0 Å². The van der Waals surface area contributed by atoms with Gasteiger partial charge in [-0.3, -0.25) is 9.59 Å². The Labute approximate surface area is 226 Å². The normalized spacial score (nSPS) is 12.4. The number of nitrogens with zero attached hydrogens (tertiary/aromatic N) is 5. The largest absolute Gasteiger partial charge is 0.619 e. The maximum atomic E-state index is 13.3. The Bertz CT molecular complexity index is 1560. The second-order valence-corrected chi connectivity index (χ2v) is 9.15. The number of hydrogen-bond acceptors (Lipinski definition) is 7. The van der Waals surface area contributed by atoms with E-state index in [-0.39, 0.29) is 11.8 Å². The highest BCUT2D eigenvalue weighted by Crippen LogP contribution is 2.37. The van der Waals surface area contributed by atoms with Crippen LogP contribution in [-0.2, 0) is 6.42 Å². The zero-order chi connectivity index (χ0) is 27.5. The Morgan fingerprint density at radius 1 is 1.13 bits per heavy atom. The lowest BCUT2D eigenvalue weighted by atomic mass is 10.1. The number of aryl methyl sites for hydroxylation is 1. The lowest BCUT2D eigenvalue weighted by Crippen LogP contribution is -2.25. The van der Waals surface area contributed by atoms with Crippen LogP contribution in [0.5, 0.6) is 5.75 Å². The molecular weight excluding hydrogens is 496 g/mol. The SMILES string of the molecule is CCN1c2ncc(CCOc3ccc(C(=O)Nc4ccc[n+]([O-])c4)cc3C)cc2C(=O)N(C)c2cccnc21. The Hall–Kier alpha value is -4.99. The van der Waals surface area contributed by atoms with Crippen LogP contribution in [0.1, 0.15) is 38.8 Å². The fourth-order valence-electron chi connectivity index (χ4n) is 4.52. The summed E-state index contributed by atoms with van der Waals surface area (Å²) in [4.78, 5) is 38.6. The number of nitrogens with one attached hydrogen (secondary N) is 1. The molecular formula is C29H28N6O4. The molecule has 3 aromatic heterocycles. The molecule has 5 rings (SSSR count). The van der Waals surface area contributed by atoms with E-state index in [1.165, 1.54) is 12.4 Å². The highest BCUT2D eigenvalue weighted by atomic mass is 16.5. The van der Waals surface area contributed by atoms with Crippen molar-refractivity contribution in [1.29, 1.82) is 0 Å². The molecule has 39 heavy (non-hydrogen) atoms. The number of amides is 2. The molecule has 0 saturated carbocycles. The maximum Gasteiger partial charge on any atom is 0.261 e.